The van der Waals surface area contributed by atoms with Gasteiger partial charge in [0, 0.05) is 17.7 Å². The highest BCUT2D eigenvalue weighted by Gasteiger charge is 2.36. The van der Waals surface area contributed by atoms with E-state index in [9.17, 15) is 27.6 Å². The second-order valence-electron chi connectivity index (χ2n) is 6.65. The van der Waals surface area contributed by atoms with Crippen LogP contribution in [-0.2, 0) is 9.59 Å². The van der Waals surface area contributed by atoms with Crippen LogP contribution in [0.25, 0.3) is 17.4 Å². The quantitative estimate of drug-likeness (QED) is 0.542. The third-order valence-corrected chi connectivity index (χ3v) is 5.32. The lowest BCUT2D eigenvalue weighted by molar-refractivity contribution is -0.127. The SMILES string of the molecule is O=C(CN1C(=O)SC(=Cc2ccc(-c3ccc(F)cc3)o2)C1=O)Nc1ccc(F)cc1F. The Hall–Kier alpha value is -3.79. The van der Waals surface area contributed by atoms with Gasteiger partial charge in [-0.1, -0.05) is 0 Å². The van der Waals surface area contributed by atoms with Gasteiger partial charge in [0.1, 0.15) is 35.5 Å². The lowest BCUT2D eigenvalue weighted by atomic mass is 10.2. The summed E-state index contributed by atoms with van der Waals surface area (Å²) in [5, 5.41) is 1.52. The van der Waals surface area contributed by atoms with Gasteiger partial charge < -0.3 is 9.73 Å². The molecule has 1 aliphatic rings. The molecule has 0 bridgehead atoms. The van der Waals surface area contributed by atoms with Crippen LogP contribution in [0.4, 0.5) is 23.7 Å². The first-order valence-electron chi connectivity index (χ1n) is 9.16. The van der Waals surface area contributed by atoms with Crippen molar-refractivity contribution in [3.05, 3.63) is 82.7 Å². The van der Waals surface area contributed by atoms with Crippen molar-refractivity contribution in [3.8, 4) is 11.3 Å². The average molecular weight is 458 g/mol. The van der Waals surface area contributed by atoms with E-state index in [1.165, 1.54) is 30.3 Å². The molecule has 0 unspecified atom stereocenters. The first kappa shape index (κ1) is 21.4. The predicted molar refractivity (Wildman–Crippen MR) is 112 cm³/mol. The number of thioether (sulfide) groups is 1. The van der Waals surface area contributed by atoms with Crippen LogP contribution in [0.1, 0.15) is 5.76 Å². The number of anilines is 1. The molecule has 1 aliphatic heterocycles. The zero-order valence-corrected chi connectivity index (χ0v) is 16.9. The zero-order chi connectivity index (χ0) is 22.8. The Bertz CT molecular complexity index is 1250. The third kappa shape index (κ3) is 4.59. The van der Waals surface area contributed by atoms with Crippen molar-refractivity contribution in [1.82, 2.24) is 4.90 Å². The molecule has 0 saturated carbocycles. The molecular weight excluding hydrogens is 445 g/mol. The van der Waals surface area contributed by atoms with Crippen LogP contribution >= 0.6 is 11.8 Å². The largest absolute Gasteiger partial charge is 0.457 e. The molecule has 32 heavy (non-hydrogen) atoms. The highest BCUT2D eigenvalue weighted by Crippen LogP contribution is 2.33. The van der Waals surface area contributed by atoms with Gasteiger partial charge in [0.25, 0.3) is 11.1 Å². The second-order valence-corrected chi connectivity index (χ2v) is 7.64. The highest BCUT2D eigenvalue weighted by molar-refractivity contribution is 8.18. The van der Waals surface area contributed by atoms with E-state index in [1.807, 2.05) is 0 Å². The van der Waals surface area contributed by atoms with E-state index in [1.54, 1.807) is 12.1 Å². The van der Waals surface area contributed by atoms with Gasteiger partial charge in [-0.15, -0.1) is 0 Å². The van der Waals surface area contributed by atoms with Crippen molar-refractivity contribution < 1.29 is 32.0 Å². The molecule has 1 fully saturated rings. The van der Waals surface area contributed by atoms with Gasteiger partial charge in [-0.05, 0) is 60.3 Å². The van der Waals surface area contributed by atoms with Crippen molar-refractivity contribution in [2.24, 2.45) is 0 Å². The molecule has 3 amide bonds. The van der Waals surface area contributed by atoms with E-state index in [0.29, 0.717) is 34.1 Å². The number of amides is 3. The molecule has 2 aromatic carbocycles. The summed E-state index contributed by atoms with van der Waals surface area (Å²) in [4.78, 5) is 37.7. The summed E-state index contributed by atoms with van der Waals surface area (Å²) in [6, 6.07) is 11.4. The molecule has 1 aromatic heterocycles. The van der Waals surface area contributed by atoms with E-state index < -0.39 is 35.2 Å². The van der Waals surface area contributed by atoms with Crippen LogP contribution in [0.3, 0.4) is 0 Å². The van der Waals surface area contributed by atoms with Crippen LogP contribution < -0.4 is 5.32 Å². The van der Waals surface area contributed by atoms with Crippen LogP contribution in [0.5, 0.6) is 0 Å². The van der Waals surface area contributed by atoms with E-state index in [2.05, 4.69) is 5.32 Å². The summed E-state index contributed by atoms with van der Waals surface area (Å²) in [6.45, 7) is -0.641. The molecule has 0 atom stereocenters. The monoisotopic (exact) mass is 458 g/mol. The summed E-state index contributed by atoms with van der Waals surface area (Å²) in [7, 11) is 0. The molecule has 4 rings (SSSR count). The normalized spacial score (nSPS) is 15.0. The van der Waals surface area contributed by atoms with Gasteiger partial charge in [0.15, 0.2) is 0 Å². The first-order valence-corrected chi connectivity index (χ1v) is 9.98. The lowest BCUT2D eigenvalue weighted by Crippen LogP contribution is -2.36. The highest BCUT2D eigenvalue weighted by atomic mass is 32.2. The molecule has 1 N–H and O–H groups in total. The topological polar surface area (TPSA) is 79.6 Å². The van der Waals surface area contributed by atoms with Crippen molar-refractivity contribution in [2.75, 3.05) is 11.9 Å². The molecule has 0 aliphatic carbocycles. The van der Waals surface area contributed by atoms with Crippen molar-refractivity contribution in [2.45, 2.75) is 0 Å². The fourth-order valence-electron chi connectivity index (χ4n) is 2.89. The molecule has 6 nitrogen and oxygen atoms in total. The van der Waals surface area contributed by atoms with Crippen LogP contribution in [0.15, 0.2) is 63.9 Å². The van der Waals surface area contributed by atoms with E-state index in [4.69, 9.17) is 4.42 Å². The molecule has 3 aromatic rings. The minimum Gasteiger partial charge on any atom is -0.457 e. The van der Waals surface area contributed by atoms with E-state index >= 15 is 0 Å². The summed E-state index contributed by atoms with van der Waals surface area (Å²) in [6.07, 6.45) is 1.36. The second kappa shape index (κ2) is 8.75. The fraction of sp³-hybridized carbons (Fsp3) is 0.0455. The molecule has 0 radical (unpaired) electrons. The Morgan fingerprint density at radius 3 is 2.44 bits per heavy atom. The Kier molecular flexibility index (Phi) is 5.87. The van der Waals surface area contributed by atoms with Crippen molar-refractivity contribution in [3.63, 3.8) is 0 Å². The van der Waals surface area contributed by atoms with E-state index in [-0.39, 0.29) is 22.2 Å². The van der Waals surface area contributed by atoms with Crippen molar-refractivity contribution in [1.29, 1.82) is 0 Å². The van der Waals surface area contributed by atoms with E-state index in [0.717, 1.165) is 12.1 Å². The summed E-state index contributed by atoms with van der Waals surface area (Å²) in [5.41, 5.74) is 0.353. The lowest BCUT2D eigenvalue weighted by Gasteiger charge is -2.12. The summed E-state index contributed by atoms with van der Waals surface area (Å²) in [5.74, 6) is -2.99. The number of imide groups is 1. The van der Waals surface area contributed by atoms with Crippen molar-refractivity contribution >= 4 is 40.6 Å². The Morgan fingerprint density at radius 1 is 1.00 bits per heavy atom. The Balaban J connectivity index is 1.45. The molecule has 10 heteroatoms. The van der Waals surface area contributed by atoms with Crippen LogP contribution in [0.2, 0.25) is 0 Å². The number of hydrogen-bond acceptors (Lipinski definition) is 5. The first-order chi connectivity index (χ1) is 15.3. The number of hydrogen-bond donors (Lipinski definition) is 1. The number of nitrogens with zero attached hydrogens (tertiary/aromatic N) is 1. The number of halogens is 3. The van der Waals surface area contributed by atoms with Crippen LogP contribution in [0, 0.1) is 17.5 Å². The number of nitrogens with one attached hydrogen (secondary N) is 1. The Morgan fingerprint density at radius 2 is 1.72 bits per heavy atom. The fourth-order valence-corrected chi connectivity index (χ4v) is 3.71. The van der Waals surface area contributed by atoms with Gasteiger partial charge >= 0.3 is 0 Å². The molecule has 0 spiro atoms. The average Bonchev–Trinajstić information content (AvgIpc) is 3.31. The maximum Gasteiger partial charge on any atom is 0.294 e. The number of benzene rings is 2. The molecule has 162 valence electrons. The minimum atomic E-state index is -0.984. The number of carbonyl (C=O) groups excluding carboxylic acids is 3. The van der Waals surface area contributed by atoms with Gasteiger partial charge in [0.2, 0.25) is 5.91 Å². The maximum atomic E-state index is 13.7. The summed E-state index contributed by atoms with van der Waals surface area (Å²) < 4.78 is 45.3. The standard InChI is InChI=1S/C22H13F3N2O4S/c23-13-3-1-12(2-4-13)18-8-6-15(31-18)10-19-21(29)27(22(30)32-19)11-20(28)26-17-7-5-14(24)9-16(17)25/h1-10H,11H2,(H,26,28). The zero-order valence-electron chi connectivity index (χ0n) is 16.1. The number of rotatable bonds is 5. The smallest absolute Gasteiger partial charge is 0.294 e. The van der Waals surface area contributed by atoms with Gasteiger partial charge in [-0.2, -0.15) is 0 Å². The van der Waals surface area contributed by atoms with Gasteiger partial charge in [-0.3, -0.25) is 19.3 Å². The number of carbonyl (C=O) groups is 3. The van der Waals surface area contributed by atoms with Gasteiger partial charge in [0.05, 0.1) is 10.6 Å². The summed E-state index contributed by atoms with van der Waals surface area (Å²) >= 11 is 0.622. The molecule has 1 saturated heterocycles. The minimum absolute atomic E-state index is 0.0377. The number of furan rings is 1. The van der Waals surface area contributed by atoms with Gasteiger partial charge in [-0.25, -0.2) is 13.2 Å². The Labute approximate surface area is 183 Å². The molecule has 2 heterocycles. The molecular formula is C22H13F3N2O4S. The maximum absolute atomic E-state index is 13.7. The third-order valence-electron chi connectivity index (χ3n) is 4.41. The predicted octanol–water partition coefficient (Wildman–Crippen LogP) is 5.04. The van der Waals surface area contributed by atoms with Crippen LogP contribution in [-0.4, -0.2) is 28.5 Å².